The Morgan fingerprint density at radius 3 is 2.52 bits per heavy atom. The summed E-state index contributed by atoms with van der Waals surface area (Å²) >= 11 is 0. The fourth-order valence-corrected chi connectivity index (χ4v) is 5.32. The van der Waals surface area contributed by atoms with Gasteiger partial charge < -0.3 is 8.83 Å². The molecule has 160 valence electrons. The number of aromatic nitrogens is 3. The summed E-state index contributed by atoms with van der Waals surface area (Å²) in [5, 5.41) is 8.20. The molecular weight excluding hydrogens is 416 g/mol. The number of nitrogens with zero attached hydrogens (tertiary/aromatic N) is 4. The van der Waals surface area contributed by atoms with Gasteiger partial charge in [-0.2, -0.15) is 4.31 Å². The minimum Gasteiger partial charge on any atom is -0.441 e. The van der Waals surface area contributed by atoms with Crippen molar-refractivity contribution in [2.45, 2.75) is 37.0 Å². The highest BCUT2D eigenvalue weighted by atomic mass is 32.2. The van der Waals surface area contributed by atoms with Crippen LogP contribution < -0.4 is 0 Å². The van der Waals surface area contributed by atoms with E-state index in [1.165, 1.54) is 0 Å². The Labute approximate surface area is 180 Å². The van der Waals surface area contributed by atoms with Crippen LogP contribution in [-0.2, 0) is 22.9 Å². The molecule has 0 amide bonds. The van der Waals surface area contributed by atoms with Crippen LogP contribution in [0.4, 0.5) is 0 Å². The van der Waals surface area contributed by atoms with Crippen molar-refractivity contribution in [2.75, 3.05) is 13.1 Å². The van der Waals surface area contributed by atoms with Gasteiger partial charge in [0.2, 0.25) is 21.8 Å². The van der Waals surface area contributed by atoms with Crippen LogP contribution in [0.3, 0.4) is 0 Å². The predicted octanol–water partition coefficient (Wildman–Crippen LogP) is 3.84. The lowest BCUT2D eigenvalue weighted by Gasteiger charge is -2.25. The maximum Gasteiger partial charge on any atom is 0.247 e. The Balaban J connectivity index is 1.32. The van der Waals surface area contributed by atoms with Gasteiger partial charge in [0.1, 0.15) is 5.52 Å². The lowest BCUT2D eigenvalue weighted by atomic mass is 10.2. The van der Waals surface area contributed by atoms with E-state index in [1.54, 1.807) is 28.6 Å². The molecule has 1 aliphatic heterocycles. The van der Waals surface area contributed by atoms with E-state index in [1.807, 2.05) is 24.3 Å². The molecule has 1 saturated heterocycles. The maximum atomic E-state index is 13.0. The molecule has 2 aromatic carbocycles. The molecule has 0 aliphatic carbocycles. The van der Waals surface area contributed by atoms with Gasteiger partial charge in [-0.1, -0.05) is 24.6 Å². The van der Waals surface area contributed by atoms with Crippen molar-refractivity contribution in [1.82, 2.24) is 19.5 Å². The van der Waals surface area contributed by atoms with Gasteiger partial charge in [-0.05, 0) is 43.2 Å². The zero-order valence-electron chi connectivity index (χ0n) is 16.9. The lowest BCUT2D eigenvalue weighted by Crippen LogP contribution is -2.35. The molecule has 1 fully saturated rings. The summed E-state index contributed by atoms with van der Waals surface area (Å²) < 4.78 is 39.0. The number of benzene rings is 2. The summed E-state index contributed by atoms with van der Waals surface area (Å²) in [6.07, 6.45) is 3.86. The van der Waals surface area contributed by atoms with E-state index in [0.717, 1.165) is 30.4 Å². The minimum atomic E-state index is -3.52. The number of rotatable bonds is 6. The van der Waals surface area contributed by atoms with E-state index in [4.69, 9.17) is 8.83 Å². The number of aryl methyl sites for hydroxylation is 2. The molecule has 0 N–H and O–H groups in total. The van der Waals surface area contributed by atoms with Gasteiger partial charge in [-0.25, -0.2) is 13.4 Å². The van der Waals surface area contributed by atoms with Crippen molar-refractivity contribution in [3.63, 3.8) is 0 Å². The van der Waals surface area contributed by atoms with Crippen molar-refractivity contribution in [3.8, 4) is 11.5 Å². The van der Waals surface area contributed by atoms with Crippen molar-refractivity contribution < 1.29 is 17.3 Å². The number of hydrogen-bond acceptors (Lipinski definition) is 7. The average Bonchev–Trinajstić information content (AvgIpc) is 3.45. The molecule has 0 radical (unpaired) electrons. The molecule has 9 heteroatoms. The molecule has 4 aromatic rings. The molecule has 3 heterocycles. The van der Waals surface area contributed by atoms with Gasteiger partial charge in [-0.3, -0.25) is 0 Å². The van der Waals surface area contributed by atoms with E-state index in [0.29, 0.717) is 49.2 Å². The van der Waals surface area contributed by atoms with Gasteiger partial charge in [0.15, 0.2) is 11.5 Å². The first-order valence-electron chi connectivity index (χ1n) is 10.4. The first-order valence-corrected chi connectivity index (χ1v) is 11.8. The van der Waals surface area contributed by atoms with Gasteiger partial charge in [0.05, 0.1) is 4.90 Å². The fraction of sp³-hybridized carbons (Fsp3) is 0.318. The molecule has 31 heavy (non-hydrogen) atoms. The minimum absolute atomic E-state index is 0.248. The van der Waals surface area contributed by atoms with Crippen LogP contribution in [0.25, 0.3) is 22.6 Å². The first-order chi connectivity index (χ1) is 15.1. The molecule has 0 saturated carbocycles. The van der Waals surface area contributed by atoms with Gasteiger partial charge in [-0.15, -0.1) is 10.2 Å². The standard InChI is InChI=1S/C22H22N4O4S/c27-31(28,26-13-4-1-5-14-26)17-8-6-7-16(15-17)22-25-24-21(30-22)12-11-20-23-18-9-2-3-10-19(18)29-20/h2-3,6-10,15H,1,4-5,11-14H2. The van der Waals surface area contributed by atoms with E-state index < -0.39 is 10.0 Å². The summed E-state index contributed by atoms with van der Waals surface area (Å²) in [5.41, 5.74) is 2.14. The highest BCUT2D eigenvalue weighted by Crippen LogP contribution is 2.26. The smallest absolute Gasteiger partial charge is 0.247 e. The fourth-order valence-electron chi connectivity index (χ4n) is 3.76. The van der Waals surface area contributed by atoms with Crippen LogP contribution in [0.15, 0.2) is 62.3 Å². The molecule has 0 unspecified atom stereocenters. The highest BCUT2D eigenvalue weighted by Gasteiger charge is 2.26. The molecule has 5 rings (SSSR count). The summed E-state index contributed by atoms with van der Waals surface area (Å²) in [4.78, 5) is 4.70. The topological polar surface area (TPSA) is 102 Å². The predicted molar refractivity (Wildman–Crippen MR) is 114 cm³/mol. The summed E-state index contributed by atoms with van der Waals surface area (Å²) in [5.74, 6) is 1.35. The molecule has 8 nitrogen and oxygen atoms in total. The molecule has 0 bridgehead atoms. The third kappa shape index (κ3) is 4.11. The lowest BCUT2D eigenvalue weighted by molar-refractivity contribution is 0.346. The van der Waals surface area contributed by atoms with Gasteiger partial charge in [0.25, 0.3) is 0 Å². The van der Waals surface area contributed by atoms with Crippen LogP contribution >= 0.6 is 0 Å². The Hall–Kier alpha value is -3.04. The Bertz CT molecular complexity index is 1270. The molecule has 1 aliphatic rings. The quantitative estimate of drug-likeness (QED) is 0.451. The second kappa shape index (κ2) is 8.24. The third-order valence-corrected chi connectivity index (χ3v) is 7.29. The number of oxazole rings is 1. The van der Waals surface area contributed by atoms with E-state index >= 15 is 0 Å². The van der Waals surface area contributed by atoms with Crippen LogP contribution in [0.2, 0.25) is 0 Å². The third-order valence-electron chi connectivity index (χ3n) is 5.39. The largest absolute Gasteiger partial charge is 0.441 e. The van der Waals surface area contributed by atoms with Gasteiger partial charge >= 0.3 is 0 Å². The van der Waals surface area contributed by atoms with Crippen LogP contribution in [0.5, 0.6) is 0 Å². The summed E-state index contributed by atoms with van der Waals surface area (Å²) in [7, 11) is -3.52. The number of sulfonamides is 1. The second-order valence-electron chi connectivity index (χ2n) is 7.57. The zero-order chi connectivity index (χ0) is 21.3. The molecule has 2 aromatic heterocycles. The molecular formula is C22H22N4O4S. The van der Waals surface area contributed by atoms with Crippen LogP contribution in [0, 0.1) is 0 Å². The highest BCUT2D eigenvalue weighted by molar-refractivity contribution is 7.89. The SMILES string of the molecule is O=S(=O)(c1cccc(-c2nnc(CCc3nc4ccccc4o3)o2)c1)N1CCCCC1. The monoisotopic (exact) mass is 438 g/mol. The number of hydrogen-bond donors (Lipinski definition) is 0. The van der Waals surface area contributed by atoms with E-state index in [2.05, 4.69) is 15.2 Å². The van der Waals surface area contributed by atoms with Crippen molar-refractivity contribution >= 4 is 21.1 Å². The van der Waals surface area contributed by atoms with E-state index in [-0.39, 0.29) is 4.90 Å². The normalized spacial score (nSPS) is 15.5. The Morgan fingerprint density at radius 2 is 1.68 bits per heavy atom. The summed E-state index contributed by atoms with van der Waals surface area (Å²) in [6, 6.07) is 14.3. The maximum absolute atomic E-state index is 13.0. The number of para-hydroxylation sites is 2. The number of piperidine rings is 1. The average molecular weight is 439 g/mol. The van der Waals surface area contributed by atoms with Crippen molar-refractivity contribution in [1.29, 1.82) is 0 Å². The first kappa shape index (κ1) is 19.9. The van der Waals surface area contributed by atoms with Crippen LogP contribution in [-0.4, -0.2) is 41.0 Å². The van der Waals surface area contributed by atoms with Crippen molar-refractivity contribution in [3.05, 3.63) is 60.3 Å². The van der Waals surface area contributed by atoms with E-state index in [9.17, 15) is 8.42 Å². The van der Waals surface area contributed by atoms with Crippen molar-refractivity contribution in [2.24, 2.45) is 0 Å². The Kier molecular flexibility index (Phi) is 5.29. The summed E-state index contributed by atoms with van der Waals surface area (Å²) in [6.45, 7) is 1.13. The number of fused-ring (bicyclic) bond motifs is 1. The second-order valence-corrected chi connectivity index (χ2v) is 9.51. The molecule has 0 spiro atoms. The molecule has 0 atom stereocenters. The Morgan fingerprint density at radius 1 is 0.871 bits per heavy atom. The zero-order valence-corrected chi connectivity index (χ0v) is 17.7. The van der Waals surface area contributed by atoms with Gasteiger partial charge in [0, 0.05) is 31.5 Å². The van der Waals surface area contributed by atoms with Crippen LogP contribution in [0.1, 0.15) is 31.0 Å².